The number of benzene rings is 1. The van der Waals surface area contributed by atoms with Gasteiger partial charge in [-0.3, -0.25) is 4.90 Å². The van der Waals surface area contributed by atoms with Gasteiger partial charge in [-0.15, -0.1) is 0 Å². The number of carbonyl (C=O) groups is 1. The minimum Gasteiger partial charge on any atom is -0.449 e. The number of hydrogen-bond acceptors (Lipinski definition) is 4. The highest BCUT2D eigenvalue weighted by Crippen LogP contribution is 2.47. The summed E-state index contributed by atoms with van der Waals surface area (Å²) in [5, 5.41) is 0. The summed E-state index contributed by atoms with van der Waals surface area (Å²) < 4.78 is 18.2. The molecule has 0 aliphatic carbocycles. The number of halogens is 1. The van der Waals surface area contributed by atoms with Crippen LogP contribution in [0.15, 0.2) is 35.5 Å². The number of ether oxygens (including phenoxy) is 1. The van der Waals surface area contributed by atoms with E-state index in [-0.39, 0.29) is 17.4 Å². The van der Waals surface area contributed by atoms with Crippen molar-refractivity contribution >= 4 is 23.5 Å². The van der Waals surface area contributed by atoms with E-state index in [1.807, 2.05) is 4.90 Å². The monoisotopic (exact) mass is 266 g/mol. The molecule has 0 bridgehead atoms. The van der Waals surface area contributed by atoms with Crippen LogP contribution in [0, 0.1) is 5.82 Å². The molecule has 0 aromatic heterocycles. The first-order valence-electron chi connectivity index (χ1n) is 5.58. The number of carbonyl (C=O) groups excluding carboxylic acids is 1. The number of nitrogens with zero attached hydrogens (tertiary/aromatic N) is 2. The largest absolute Gasteiger partial charge is 0.449 e. The molecule has 1 atom stereocenters. The van der Waals surface area contributed by atoms with Crippen molar-refractivity contribution in [3.8, 4) is 0 Å². The molecule has 4 nitrogen and oxygen atoms in total. The molecule has 0 radical (unpaired) electrons. The van der Waals surface area contributed by atoms with Crippen molar-refractivity contribution in [3.05, 3.63) is 36.4 Å². The summed E-state index contributed by atoms with van der Waals surface area (Å²) in [6.07, 6.45) is 3.03. The molecule has 6 heteroatoms. The first-order valence-corrected chi connectivity index (χ1v) is 6.46. The predicted molar refractivity (Wildman–Crippen MR) is 66.5 cm³/mol. The average Bonchev–Trinajstić information content (AvgIpc) is 2.88. The van der Waals surface area contributed by atoms with Gasteiger partial charge < -0.3 is 9.64 Å². The van der Waals surface area contributed by atoms with Crippen LogP contribution in [0.1, 0.15) is 6.92 Å². The van der Waals surface area contributed by atoms with Gasteiger partial charge in [0.15, 0.2) is 5.50 Å². The standard InChI is InChI=1S/C12H11FN2O2S/c1-2-17-12(16)15-6-5-14-9-7-8(13)3-4-10(9)18-11(14)15/h3-7,11H,2H2,1H3. The minimum atomic E-state index is -0.387. The molecule has 18 heavy (non-hydrogen) atoms. The molecule has 2 heterocycles. The maximum atomic E-state index is 13.2. The van der Waals surface area contributed by atoms with Gasteiger partial charge in [0.2, 0.25) is 0 Å². The zero-order valence-electron chi connectivity index (χ0n) is 9.67. The third-order valence-electron chi connectivity index (χ3n) is 2.77. The molecule has 1 amide bonds. The lowest BCUT2D eigenvalue weighted by atomic mass is 10.3. The summed E-state index contributed by atoms with van der Waals surface area (Å²) in [4.78, 5) is 16.1. The molecule has 2 aliphatic rings. The lowest BCUT2D eigenvalue weighted by Gasteiger charge is -2.23. The fourth-order valence-electron chi connectivity index (χ4n) is 1.99. The van der Waals surface area contributed by atoms with Gasteiger partial charge in [-0.1, -0.05) is 11.8 Å². The van der Waals surface area contributed by atoms with E-state index in [1.165, 1.54) is 28.8 Å². The molecule has 1 aromatic rings. The quantitative estimate of drug-likeness (QED) is 0.782. The maximum absolute atomic E-state index is 13.2. The Balaban J connectivity index is 1.88. The van der Waals surface area contributed by atoms with Crippen molar-refractivity contribution in [1.82, 2.24) is 4.90 Å². The van der Waals surface area contributed by atoms with Crippen molar-refractivity contribution in [3.63, 3.8) is 0 Å². The first kappa shape index (κ1) is 11.4. The topological polar surface area (TPSA) is 32.8 Å². The Morgan fingerprint density at radius 2 is 2.33 bits per heavy atom. The molecule has 94 valence electrons. The normalized spacial score (nSPS) is 20.0. The second kappa shape index (κ2) is 4.20. The number of fused-ring (bicyclic) bond motifs is 3. The molecule has 1 aromatic carbocycles. The van der Waals surface area contributed by atoms with Gasteiger partial charge in [0, 0.05) is 17.3 Å². The SMILES string of the molecule is CCOC(=O)N1C=CN2c3cc(F)ccc3SC12. The van der Waals surface area contributed by atoms with E-state index in [1.54, 1.807) is 25.4 Å². The maximum Gasteiger partial charge on any atom is 0.416 e. The number of anilines is 1. The van der Waals surface area contributed by atoms with Crippen LogP contribution in [0.25, 0.3) is 0 Å². The van der Waals surface area contributed by atoms with Crippen LogP contribution in [-0.4, -0.2) is 23.1 Å². The van der Waals surface area contributed by atoms with Crippen LogP contribution < -0.4 is 4.90 Å². The van der Waals surface area contributed by atoms with Crippen molar-refractivity contribution in [2.24, 2.45) is 0 Å². The summed E-state index contributed by atoms with van der Waals surface area (Å²) in [5.74, 6) is -0.280. The third-order valence-corrected chi connectivity index (χ3v) is 4.04. The predicted octanol–water partition coefficient (Wildman–Crippen LogP) is 2.96. The molecule has 2 aliphatic heterocycles. The Hall–Kier alpha value is -1.69. The third kappa shape index (κ3) is 1.64. The molecule has 0 saturated heterocycles. The zero-order valence-corrected chi connectivity index (χ0v) is 10.5. The summed E-state index contributed by atoms with van der Waals surface area (Å²) in [5.41, 5.74) is 0.578. The second-order valence-electron chi connectivity index (χ2n) is 3.87. The van der Waals surface area contributed by atoms with Crippen molar-refractivity contribution in [2.75, 3.05) is 11.5 Å². The second-order valence-corrected chi connectivity index (χ2v) is 4.96. The van der Waals surface area contributed by atoms with E-state index in [2.05, 4.69) is 0 Å². The van der Waals surface area contributed by atoms with Crippen molar-refractivity contribution in [2.45, 2.75) is 17.3 Å². The highest BCUT2D eigenvalue weighted by atomic mass is 32.2. The molecule has 0 spiro atoms. The zero-order chi connectivity index (χ0) is 12.7. The molecular formula is C12H11FN2O2S. The Morgan fingerprint density at radius 3 is 3.11 bits per heavy atom. The van der Waals surface area contributed by atoms with E-state index in [0.29, 0.717) is 6.61 Å². The van der Waals surface area contributed by atoms with Crippen molar-refractivity contribution in [1.29, 1.82) is 0 Å². The first-order chi connectivity index (χ1) is 8.70. The van der Waals surface area contributed by atoms with Gasteiger partial charge in [-0.2, -0.15) is 0 Å². The van der Waals surface area contributed by atoms with Crippen LogP contribution in [-0.2, 0) is 4.74 Å². The highest BCUT2D eigenvalue weighted by molar-refractivity contribution is 8.00. The molecule has 1 unspecified atom stereocenters. The van der Waals surface area contributed by atoms with E-state index >= 15 is 0 Å². The van der Waals surface area contributed by atoms with Gasteiger partial charge in [-0.05, 0) is 25.1 Å². The Morgan fingerprint density at radius 1 is 1.50 bits per heavy atom. The molecule has 0 fully saturated rings. The highest BCUT2D eigenvalue weighted by Gasteiger charge is 2.39. The molecule has 0 saturated carbocycles. The van der Waals surface area contributed by atoms with Gasteiger partial charge in [-0.25, -0.2) is 9.18 Å². The van der Waals surface area contributed by atoms with Gasteiger partial charge in [0.25, 0.3) is 0 Å². The lowest BCUT2D eigenvalue weighted by molar-refractivity contribution is 0.122. The van der Waals surface area contributed by atoms with E-state index in [0.717, 1.165) is 10.6 Å². The summed E-state index contributed by atoms with van der Waals surface area (Å²) in [6.45, 7) is 2.10. The van der Waals surface area contributed by atoms with E-state index < -0.39 is 0 Å². The van der Waals surface area contributed by atoms with Gasteiger partial charge >= 0.3 is 6.09 Å². The van der Waals surface area contributed by atoms with Crippen LogP contribution in [0.5, 0.6) is 0 Å². The fraction of sp³-hybridized carbons (Fsp3) is 0.250. The summed E-state index contributed by atoms with van der Waals surface area (Å²) in [6, 6.07) is 4.62. The molecule has 3 rings (SSSR count). The molecular weight excluding hydrogens is 255 g/mol. The minimum absolute atomic E-state index is 0.208. The van der Waals surface area contributed by atoms with Crippen LogP contribution in [0.3, 0.4) is 0 Å². The van der Waals surface area contributed by atoms with Crippen molar-refractivity contribution < 1.29 is 13.9 Å². The van der Waals surface area contributed by atoms with E-state index in [4.69, 9.17) is 4.74 Å². The Labute approximate surface area is 108 Å². The number of amides is 1. The number of thioether (sulfide) groups is 1. The van der Waals surface area contributed by atoms with Gasteiger partial charge in [0.1, 0.15) is 5.82 Å². The van der Waals surface area contributed by atoms with Crippen LogP contribution >= 0.6 is 11.8 Å². The van der Waals surface area contributed by atoms with Crippen LogP contribution in [0.4, 0.5) is 14.9 Å². The fourth-order valence-corrected chi connectivity index (χ4v) is 3.22. The lowest BCUT2D eigenvalue weighted by Crippen LogP contribution is -2.37. The number of hydrogen-bond donors (Lipinski definition) is 0. The summed E-state index contributed by atoms with van der Waals surface area (Å²) in [7, 11) is 0. The Bertz CT molecular complexity index is 535. The van der Waals surface area contributed by atoms with E-state index in [9.17, 15) is 9.18 Å². The summed E-state index contributed by atoms with van der Waals surface area (Å²) >= 11 is 1.50. The molecule has 0 N–H and O–H groups in total. The smallest absolute Gasteiger partial charge is 0.416 e. The number of rotatable bonds is 1. The van der Waals surface area contributed by atoms with Gasteiger partial charge in [0.05, 0.1) is 12.3 Å². The average molecular weight is 266 g/mol. The van der Waals surface area contributed by atoms with Crippen LogP contribution in [0.2, 0.25) is 0 Å². The Kier molecular flexibility index (Phi) is 2.66.